The Morgan fingerprint density at radius 3 is 3.04 bits per heavy atom. The molecule has 1 atom stereocenters. The summed E-state index contributed by atoms with van der Waals surface area (Å²) in [6.07, 6.45) is 8.22. The van der Waals surface area contributed by atoms with Crippen LogP contribution in [0.25, 0.3) is 0 Å². The number of aromatic carboxylic acids is 1. The Hall–Kier alpha value is -3.20. The van der Waals surface area contributed by atoms with E-state index in [2.05, 4.69) is 16.4 Å². The molecule has 1 N–H and O–H groups in total. The van der Waals surface area contributed by atoms with E-state index in [0.717, 1.165) is 17.7 Å². The fourth-order valence-corrected chi connectivity index (χ4v) is 2.47. The first-order chi connectivity index (χ1) is 11.2. The van der Waals surface area contributed by atoms with E-state index in [1.807, 2.05) is 24.4 Å². The average Bonchev–Trinajstić information content (AvgIpc) is 3.03. The highest BCUT2D eigenvalue weighted by atomic mass is 16.4. The zero-order valence-corrected chi connectivity index (χ0v) is 12.3. The zero-order valence-electron chi connectivity index (χ0n) is 12.3. The first-order valence-corrected chi connectivity index (χ1v) is 7.16. The van der Waals surface area contributed by atoms with Gasteiger partial charge >= 0.3 is 5.97 Å². The molecule has 0 aliphatic heterocycles. The maximum absolute atomic E-state index is 11.0. The van der Waals surface area contributed by atoms with Gasteiger partial charge in [0.25, 0.3) is 0 Å². The van der Waals surface area contributed by atoms with E-state index in [0.29, 0.717) is 12.1 Å². The third-order valence-electron chi connectivity index (χ3n) is 3.68. The Labute approximate surface area is 133 Å². The van der Waals surface area contributed by atoms with Gasteiger partial charge in [-0.3, -0.25) is 0 Å². The lowest BCUT2D eigenvalue weighted by molar-refractivity contribution is 0.0696. The third-order valence-corrected chi connectivity index (χ3v) is 3.68. The molecule has 0 fully saturated rings. The Balaban J connectivity index is 1.72. The van der Waals surface area contributed by atoms with Crippen molar-refractivity contribution in [2.45, 2.75) is 18.9 Å². The molecule has 0 bridgehead atoms. The van der Waals surface area contributed by atoms with Crippen LogP contribution in [-0.4, -0.2) is 26.1 Å². The fraction of sp³-hybridized carbons (Fsp3) is 0.176. The summed E-state index contributed by atoms with van der Waals surface area (Å²) in [5.41, 5.74) is 2.61. The molecule has 3 rings (SSSR count). The predicted octanol–water partition coefficient (Wildman–Crippen LogP) is 2.52. The maximum Gasteiger partial charge on any atom is 0.335 e. The van der Waals surface area contributed by atoms with Crippen molar-refractivity contribution >= 4 is 5.97 Å². The van der Waals surface area contributed by atoms with Crippen molar-refractivity contribution in [1.82, 2.24) is 15.0 Å². The van der Waals surface area contributed by atoms with E-state index < -0.39 is 5.97 Å². The van der Waals surface area contributed by atoms with Crippen LogP contribution in [0.3, 0.4) is 0 Å². The summed E-state index contributed by atoms with van der Waals surface area (Å²) in [7, 11) is 0. The normalized spacial score (nSPS) is 16.7. The Kier molecular flexibility index (Phi) is 4.02. The Morgan fingerprint density at radius 2 is 2.35 bits per heavy atom. The predicted molar refractivity (Wildman–Crippen MR) is 82.7 cm³/mol. The molecular formula is C17H14N4O2. The van der Waals surface area contributed by atoms with E-state index in [-0.39, 0.29) is 11.5 Å². The number of nitriles is 1. The summed E-state index contributed by atoms with van der Waals surface area (Å²) in [4.78, 5) is 11.0. The minimum Gasteiger partial charge on any atom is -0.478 e. The monoisotopic (exact) mass is 306 g/mol. The molecule has 0 radical (unpaired) electrons. The van der Waals surface area contributed by atoms with Gasteiger partial charge in [-0.2, -0.15) is 5.26 Å². The van der Waals surface area contributed by atoms with Crippen molar-refractivity contribution in [1.29, 1.82) is 5.26 Å². The van der Waals surface area contributed by atoms with E-state index in [1.165, 1.54) is 0 Å². The van der Waals surface area contributed by atoms with Crippen molar-refractivity contribution in [3.8, 4) is 6.07 Å². The summed E-state index contributed by atoms with van der Waals surface area (Å²) < 4.78 is 1.69. The highest BCUT2D eigenvalue weighted by Crippen LogP contribution is 2.24. The molecule has 1 unspecified atom stereocenters. The lowest BCUT2D eigenvalue weighted by Crippen LogP contribution is -2.03. The number of carboxylic acids is 1. The summed E-state index contributed by atoms with van der Waals surface area (Å²) in [6, 6.07) is 8.88. The Morgan fingerprint density at radius 1 is 1.48 bits per heavy atom. The molecule has 0 saturated heterocycles. The van der Waals surface area contributed by atoms with Gasteiger partial charge in [0, 0.05) is 17.7 Å². The molecule has 114 valence electrons. The van der Waals surface area contributed by atoms with Gasteiger partial charge in [-0.1, -0.05) is 29.5 Å². The lowest BCUT2D eigenvalue weighted by atomic mass is 9.95. The molecule has 1 aliphatic carbocycles. The Bertz CT molecular complexity index is 842. The molecular weight excluding hydrogens is 292 g/mol. The van der Waals surface area contributed by atoms with Gasteiger partial charge in [-0.05, 0) is 30.2 Å². The average molecular weight is 306 g/mol. The largest absolute Gasteiger partial charge is 0.478 e. The second-order valence-electron chi connectivity index (χ2n) is 5.32. The first kappa shape index (κ1) is 14.7. The molecule has 0 amide bonds. The second kappa shape index (κ2) is 6.28. The molecule has 0 saturated carbocycles. The second-order valence-corrected chi connectivity index (χ2v) is 5.32. The molecule has 23 heavy (non-hydrogen) atoms. The van der Waals surface area contributed by atoms with Gasteiger partial charge in [0.15, 0.2) is 0 Å². The highest BCUT2D eigenvalue weighted by molar-refractivity contribution is 5.87. The van der Waals surface area contributed by atoms with Crippen LogP contribution in [0.1, 0.15) is 34.0 Å². The number of aromatic nitrogens is 3. The van der Waals surface area contributed by atoms with Crippen LogP contribution in [0, 0.1) is 11.3 Å². The van der Waals surface area contributed by atoms with Crippen LogP contribution in [0.4, 0.5) is 0 Å². The third kappa shape index (κ3) is 3.35. The maximum atomic E-state index is 11.0. The van der Waals surface area contributed by atoms with Crippen LogP contribution in [0.5, 0.6) is 0 Å². The van der Waals surface area contributed by atoms with Crippen LogP contribution in [0.2, 0.25) is 0 Å². The summed E-state index contributed by atoms with van der Waals surface area (Å²) >= 11 is 0. The molecule has 0 spiro atoms. The van der Waals surface area contributed by atoms with Crippen molar-refractivity contribution < 1.29 is 9.90 Å². The molecule has 6 heteroatoms. The number of carboxylic acid groups (broad SMARTS) is 1. The van der Waals surface area contributed by atoms with Gasteiger partial charge < -0.3 is 5.11 Å². The van der Waals surface area contributed by atoms with E-state index >= 15 is 0 Å². The number of hydrogen-bond acceptors (Lipinski definition) is 4. The van der Waals surface area contributed by atoms with Crippen LogP contribution in [0.15, 0.2) is 54.3 Å². The van der Waals surface area contributed by atoms with Crippen molar-refractivity contribution in [2.24, 2.45) is 0 Å². The number of nitrogens with zero attached hydrogens (tertiary/aromatic N) is 4. The summed E-state index contributed by atoms with van der Waals surface area (Å²) in [6.45, 7) is 0.462. The van der Waals surface area contributed by atoms with Gasteiger partial charge in [0.1, 0.15) is 0 Å². The standard InChI is InChI=1S/C17H14N4O2/c18-9-12-4-6-14(7-5-12)16-11-21(20-19-16)10-13-2-1-3-15(8-13)17(22)23/h1-6,8,11,14H,7,10H2,(H,22,23). The number of rotatable bonds is 4. The molecule has 1 heterocycles. The fourth-order valence-electron chi connectivity index (χ4n) is 2.47. The van der Waals surface area contributed by atoms with Gasteiger partial charge in [0.05, 0.1) is 23.9 Å². The number of allylic oxidation sites excluding steroid dienone is 4. The molecule has 1 aromatic carbocycles. The number of hydrogen-bond donors (Lipinski definition) is 1. The first-order valence-electron chi connectivity index (χ1n) is 7.16. The van der Waals surface area contributed by atoms with E-state index in [4.69, 9.17) is 10.4 Å². The minimum absolute atomic E-state index is 0.117. The summed E-state index contributed by atoms with van der Waals surface area (Å²) in [5.74, 6) is -0.829. The van der Waals surface area contributed by atoms with Crippen LogP contribution in [-0.2, 0) is 6.54 Å². The van der Waals surface area contributed by atoms with Crippen LogP contribution < -0.4 is 0 Å². The van der Waals surface area contributed by atoms with Crippen molar-refractivity contribution in [3.05, 3.63) is 71.1 Å². The smallest absolute Gasteiger partial charge is 0.335 e. The molecule has 1 aliphatic rings. The molecule has 2 aromatic rings. The minimum atomic E-state index is -0.946. The van der Waals surface area contributed by atoms with Gasteiger partial charge in [0.2, 0.25) is 0 Å². The van der Waals surface area contributed by atoms with Crippen LogP contribution >= 0.6 is 0 Å². The van der Waals surface area contributed by atoms with Crippen molar-refractivity contribution in [3.63, 3.8) is 0 Å². The van der Waals surface area contributed by atoms with E-state index in [9.17, 15) is 4.79 Å². The molecule has 1 aromatic heterocycles. The van der Waals surface area contributed by atoms with Gasteiger partial charge in [-0.15, -0.1) is 5.10 Å². The number of benzene rings is 1. The quantitative estimate of drug-likeness (QED) is 0.937. The van der Waals surface area contributed by atoms with Crippen molar-refractivity contribution in [2.75, 3.05) is 0 Å². The van der Waals surface area contributed by atoms with E-state index in [1.54, 1.807) is 29.0 Å². The number of carbonyl (C=O) groups is 1. The van der Waals surface area contributed by atoms with Gasteiger partial charge in [-0.25, -0.2) is 9.48 Å². The summed E-state index contributed by atoms with van der Waals surface area (Å²) in [5, 5.41) is 26.1. The molecule has 6 nitrogen and oxygen atoms in total. The topological polar surface area (TPSA) is 91.8 Å². The lowest BCUT2D eigenvalue weighted by Gasteiger charge is -2.10. The highest BCUT2D eigenvalue weighted by Gasteiger charge is 2.15. The SMILES string of the molecule is N#CC1=CCC(c2cn(Cc3cccc(C(=O)O)c3)nn2)C=C1. The zero-order chi connectivity index (χ0) is 16.2.